The zero-order valence-electron chi connectivity index (χ0n) is 10.2. The number of hydrogen-bond acceptors (Lipinski definition) is 2. The number of hydrogen-bond donors (Lipinski definition) is 2. The van der Waals surface area contributed by atoms with E-state index in [4.69, 9.17) is 23.2 Å². The van der Waals surface area contributed by atoms with Crippen LogP contribution in [0, 0.1) is 0 Å². The van der Waals surface area contributed by atoms with E-state index in [2.05, 4.69) is 4.98 Å². The van der Waals surface area contributed by atoms with E-state index in [1.807, 2.05) is 6.07 Å². The van der Waals surface area contributed by atoms with Gasteiger partial charge in [0, 0.05) is 0 Å². The number of halogens is 2. The summed E-state index contributed by atoms with van der Waals surface area (Å²) < 4.78 is 0. The number of pyridine rings is 1. The summed E-state index contributed by atoms with van der Waals surface area (Å²) in [5.74, 6) is -0.164. The minimum atomic E-state index is -0.412. The Labute approximate surface area is 124 Å². The van der Waals surface area contributed by atoms with Gasteiger partial charge in [-0.15, -0.1) is 0 Å². The Hall–Kier alpha value is -1.97. The van der Waals surface area contributed by atoms with Crippen molar-refractivity contribution in [1.29, 1.82) is 0 Å². The Kier molecular flexibility index (Phi) is 3.16. The third kappa shape index (κ3) is 1.96. The van der Waals surface area contributed by atoms with Crippen molar-refractivity contribution >= 4 is 34.1 Å². The quantitative estimate of drug-likeness (QED) is 0.707. The Morgan fingerprint density at radius 1 is 0.950 bits per heavy atom. The first kappa shape index (κ1) is 13.0. The van der Waals surface area contributed by atoms with Crippen LogP contribution in [0.1, 0.15) is 0 Å². The number of aromatic nitrogens is 1. The van der Waals surface area contributed by atoms with Gasteiger partial charge in [-0.25, -0.2) is 0 Å². The van der Waals surface area contributed by atoms with Gasteiger partial charge in [-0.2, -0.15) is 0 Å². The fourth-order valence-corrected chi connectivity index (χ4v) is 2.64. The van der Waals surface area contributed by atoms with Gasteiger partial charge in [0.1, 0.15) is 5.75 Å². The van der Waals surface area contributed by atoms with E-state index in [-0.39, 0.29) is 11.3 Å². The van der Waals surface area contributed by atoms with Gasteiger partial charge in [-0.1, -0.05) is 53.5 Å². The molecule has 1 heterocycles. The summed E-state index contributed by atoms with van der Waals surface area (Å²) in [6.45, 7) is 0. The lowest BCUT2D eigenvalue weighted by atomic mass is 10.0. The molecular formula is C15H9Cl2NO2. The molecule has 0 aliphatic carbocycles. The second kappa shape index (κ2) is 4.85. The SMILES string of the molecule is O=c1[nH]c2c(Cl)ccc(Cl)c2c(O)c1-c1ccccc1. The van der Waals surface area contributed by atoms with Crippen molar-refractivity contribution in [2.24, 2.45) is 0 Å². The predicted octanol–water partition coefficient (Wildman–Crippen LogP) is 4.21. The molecule has 0 aliphatic heterocycles. The monoisotopic (exact) mass is 305 g/mol. The van der Waals surface area contributed by atoms with E-state index in [9.17, 15) is 9.90 Å². The molecule has 2 N–H and O–H groups in total. The van der Waals surface area contributed by atoms with Crippen molar-refractivity contribution < 1.29 is 5.11 Å². The highest BCUT2D eigenvalue weighted by atomic mass is 35.5. The van der Waals surface area contributed by atoms with Crippen molar-refractivity contribution in [3.63, 3.8) is 0 Å². The lowest BCUT2D eigenvalue weighted by Gasteiger charge is -2.10. The highest BCUT2D eigenvalue weighted by molar-refractivity contribution is 6.40. The Balaban J connectivity index is 2.47. The highest BCUT2D eigenvalue weighted by Gasteiger charge is 2.17. The van der Waals surface area contributed by atoms with E-state index < -0.39 is 5.56 Å². The van der Waals surface area contributed by atoms with E-state index in [1.165, 1.54) is 0 Å². The summed E-state index contributed by atoms with van der Waals surface area (Å²) in [5, 5.41) is 11.4. The third-order valence-corrected chi connectivity index (χ3v) is 3.74. The van der Waals surface area contributed by atoms with Crippen LogP contribution >= 0.6 is 23.2 Å². The summed E-state index contributed by atoms with van der Waals surface area (Å²) in [6, 6.07) is 12.1. The van der Waals surface area contributed by atoms with Crippen LogP contribution in [-0.2, 0) is 0 Å². The summed E-state index contributed by atoms with van der Waals surface area (Å²) in [7, 11) is 0. The number of aromatic hydroxyl groups is 1. The highest BCUT2D eigenvalue weighted by Crippen LogP contribution is 2.38. The summed E-state index contributed by atoms with van der Waals surface area (Å²) in [5.41, 5.74) is 0.721. The lowest BCUT2D eigenvalue weighted by Crippen LogP contribution is -2.09. The molecule has 20 heavy (non-hydrogen) atoms. The third-order valence-electron chi connectivity index (χ3n) is 3.11. The molecule has 3 nitrogen and oxygen atoms in total. The fourth-order valence-electron chi connectivity index (χ4n) is 2.19. The molecular weight excluding hydrogens is 297 g/mol. The predicted molar refractivity (Wildman–Crippen MR) is 81.7 cm³/mol. The van der Waals surface area contributed by atoms with Crippen LogP contribution in [0.3, 0.4) is 0 Å². The van der Waals surface area contributed by atoms with E-state index in [1.54, 1.807) is 36.4 Å². The summed E-state index contributed by atoms with van der Waals surface area (Å²) in [4.78, 5) is 14.9. The first-order valence-corrected chi connectivity index (χ1v) is 6.63. The fraction of sp³-hybridized carbons (Fsp3) is 0. The molecule has 0 spiro atoms. The average molecular weight is 306 g/mol. The molecule has 0 radical (unpaired) electrons. The maximum Gasteiger partial charge on any atom is 0.260 e. The topological polar surface area (TPSA) is 53.1 Å². The van der Waals surface area contributed by atoms with Crippen LogP contribution in [0.5, 0.6) is 5.75 Å². The van der Waals surface area contributed by atoms with Gasteiger partial charge >= 0.3 is 0 Å². The molecule has 3 rings (SSSR count). The first-order chi connectivity index (χ1) is 9.59. The molecule has 100 valence electrons. The van der Waals surface area contributed by atoms with Gasteiger partial charge in [0.25, 0.3) is 5.56 Å². The van der Waals surface area contributed by atoms with Crippen LogP contribution in [0.15, 0.2) is 47.3 Å². The van der Waals surface area contributed by atoms with Crippen LogP contribution in [-0.4, -0.2) is 10.1 Å². The summed E-state index contributed by atoms with van der Waals surface area (Å²) in [6.07, 6.45) is 0. The molecule has 0 amide bonds. The van der Waals surface area contributed by atoms with Gasteiger partial charge in [-0.05, 0) is 17.7 Å². The van der Waals surface area contributed by atoms with E-state index in [0.29, 0.717) is 26.5 Å². The largest absolute Gasteiger partial charge is 0.506 e. The molecule has 2 aromatic carbocycles. The number of benzene rings is 2. The molecule has 5 heteroatoms. The Morgan fingerprint density at radius 3 is 2.30 bits per heavy atom. The second-order valence-corrected chi connectivity index (χ2v) is 5.14. The molecule has 0 saturated carbocycles. The molecule has 0 atom stereocenters. The smallest absolute Gasteiger partial charge is 0.260 e. The van der Waals surface area contributed by atoms with Gasteiger partial charge in [-0.3, -0.25) is 4.79 Å². The maximum atomic E-state index is 12.2. The van der Waals surface area contributed by atoms with Crippen LogP contribution < -0.4 is 5.56 Å². The van der Waals surface area contributed by atoms with Crippen molar-refractivity contribution in [2.75, 3.05) is 0 Å². The van der Waals surface area contributed by atoms with Crippen molar-refractivity contribution in [1.82, 2.24) is 4.98 Å². The van der Waals surface area contributed by atoms with E-state index >= 15 is 0 Å². The Morgan fingerprint density at radius 2 is 1.60 bits per heavy atom. The minimum absolute atomic E-state index is 0.164. The van der Waals surface area contributed by atoms with Gasteiger partial charge in [0.05, 0.1) is 26.5 Å². The van der Waals surface area contributed by atoms with Crippen LogP contribution in [0.4, 0.5) is 0 Å². The number of rotatable bonds is 1. The van der Waals surface area contributed by atoms with Gasteiger partial charge in [0.2, 0.25) is 0 Å². The molecule has 1 aromatic heterocycles. The molecule has 0 unspecified atom stereocenters. The standard InChI is InChI=1S/C15H9Cl2NO2/c16-9-6-7-10(17)13-12(9)14(19)11(15(20)18-13)8-4-2-1-3-5-8/h1-7H,(H2,18,19,20). The number of fused-ring (bicyclic) bond motifs is 1. The lowest BCUT2D eigenvalue weighted by molar-refractivity contribution is 0.482. The molecule has 0 aliphatic rings. The molecule has 3 aromatic rings. The van der Waals surface area contributed by atoms with Crippen molar-refractivity contribution in [3.8, 4) is 16.9 Å². The second-order valence-electron chi connectivity index (χ2n) is 4.32. The summed E-state index contributed by atoms with van der Waals surface area (Å²) >= 11 is 12.1. The van der Waals surface area contributed by atoms with Crippen LogP contribution in [0.25, 0.3) is 22.0 Å². The number of H-pyrrole nitrogens is 1. The van der Waals surface area contributed by atoms with E-state index in [0.717, 1.165) is 0 Å². The zero-order chi connectivity index (χ0) is 14.3. The maximum absolute atomic E-state index is 12.2. The van der Waals surface area contributed by atoms with Gasteiger partial charge < -0.3 is 10.1 Å². The van der Waals surface area contributed by atoms with Gasteiger partial charge in [0.15, 0.2) is 0 Å². The van der Waals surface area contributed by atoms with Crippen molar-refractivity contribution in [3.05, 3.63) is 62.9 Å². The van der Waals surface area contributed by atoms with Crippen LogP contribution in [0.2, 0.25) is 10.0 Å². The number of nitrogens with one attached hydrogen (secondary N) is 1. The normalized spacial score (nSPS) is 10.9. The first-order valence-electron chi connectivity index (χ1n) is 5.88. The zero-order valence-corrected chi connectivity index (χ0v) is 11.7. The molecule has 0 saturated heterocycles. The molecule has 0 fully saturated rings. The minimum Gasteiger partial charge on any atom is -0.506 e. The average Bonchev–Trinajstić information content (AvgIpc) is 2.44. The Bertz CT molecular complexity index is 857. The van der Waals surface area contributed by atoms with Crippen molar-refractivity contribution in [2.45, 2.75) is 0 Å². The number of aromatic amines is 1. The molecule has 0 bridgehead atoms.